The molecular formula is C20H23N3O2. The third-order valence-electron chi connectivity index (χ3n) is 4.63. The maximum atomic E-state index is 12.7. The Morgan fingerprint density at radius 2 is 1.60 bits per heavy atom. The van der Waals surface area contributed by atoms with E-state index >= 15 is 0 Å². The first-order valence-electron chi connectivity index (χ1n) is 8.49. The van der Waals surface area contributed by atoms with E-state index in [-0.39, 0.29) is 18.1 Å². The van der Waals surface area contributed by atoms with Crippen molar-refractivity contribution in [3.63, 3.8) is 0 Å². The molecule has 0 spiro atoms. The first-order chi connectivity index (χ1) is 12.0. The number of aryl methyl sites for hydroxylation is 2. The molecule has 0 aliphatic heterocycles. The minimum Gasteiger partial charge on any atom is -0.340 e. The average molecular weight is 337 g/mol. The quantitative estimate of drug-likeness (QED) is 0.719. The molecule has 0 aliphatic carbocycles. The third kappa shape index (κ3) is 3.22. The van der Waals surface area contributed by atoms with Gasteiger partial charge in [0, 0.05) is 20.1 Å². The van der Waals surface area contributed by atoms with Gasteiger partial charge in [-0.1, -0.05) is 36.4 Å². The molecule has 0 aliphatic rings. The molecule has 1 aromatic heterocycles. The molecule has 1 amide bonds. The third-order valence-corrected chi connectivity index (χ3v) is 4.63. The smallest absolute Gasteiger partial charge is 0.329 e. The highest BCUT2D eigenvalue weighted by Gasteiger charge is 2.17. The van der Waals surface area contributed by atoms with Crippen molar-refractivity contribution in [3.8, 4) is 0 Å². The fraction of sp³-hybridized carbons (Fsp3) is 0.300. The monoisotopic (exact) mass is 337 g/mol. The zero-order valence-corrected chi connectivity index (χ0v) is 14.9. The second kappa shape index (κ2) is 6.97. The molecule has 25 heavy (non-hydrogen) atoms. The zero-order chi connectivity index (χ0) is 18.0. The lowest BCUT2D eigenvalue weighted by Crippen LogP contribution is -2.34. The molecule has 5 heteroatoms. The van der Waals surface area contributed by atoms with E-state index in [1.165, 1.54) is 0 Å². The molecule has 1 heterocycles. The average Bonchev–Trinajstić information content (AvgIpc) is 2.88. The number of nitrogens with zero attached hydrogens (tertiary/aromatic N) is 3. The largest absolute Gasteiger partial charge is 0.340 e. The topological polar surface area (TPSA) is 47.2 Å². The van der Waals surface area contributed by atoms with Gasteiger partial charge in [0.25, 0.3) is 0 Å². The molecule has 0 unspecified atom stereocenters. The van der Waals surface area contributed by atoms with Crippen LogP contribution in [0, 0.1) is 6.92 Å². The van der Waals surface area contributed by atoms with Gasteiger partial charge in [-0.3, -0.25) is 13.9 Å². The zero-order valence-electron chi connectivity index (χ0n) is 14.9. The summed E-state index contributed by atoms with van der Waals surface area (Å²) in [6.07, 6.45) is 0. The predicted octanol–water partition coefficient (Wildman–Crippen LogP) is 2.79. The molecule has 3 rings (SSSR count). The summed E-state index contributed by atoms with van der Waals surface area (Å²) in [7, 11) is 1.78. The van der Waals surface area contributed by atoms with E-state index in [0.717, 1.165) is 22.2 Å². The van der Waals surface area contributed by atoms with Crippen LogP contribution in [0.2, 0.25) is 0 Å². The van der Waals surface area contributed by atoms with Gasteiger partial charge < -0.3 is 4.90 Å². The Hall–Kier alpha value is -2.82. The molecule has 2 aromatic carbocycles. The lowest BCUT2D eigenvalue weighted by molar-refractivity contribution is -0.131. The standard InChI is InChI=1S/C20H23N3O2/c1-4-22-17-11-7-8-12-18(17)23(20(22)25)14-19(24)21(3)13-16-10-6-5-9-15(16)2/h5-12H,4,13-14H2,1-3H3. The molecule has 130 valence electrons. The predicted molar refractivity (Wildman–Crippen MR) is 99.5 cm³/mol. The summed E-state index contributed by atoms with van der Waals surface area (Å²) in [4.78, 5) is 27.0. The molecule has 0 fully saturated rings. The first kappa shape index (κ1) is 17.0. The Morgan fingerprint density at radius 1 is 1.00 bits per heavy atom. The van der Waals surface area contributed by atoms with Gasteiger partial charge in [-0.2, -0.15) is 0 Å². The highest BCUT2D eigenvalue weighted by molar-refractivity contribution is 5.81. The number of hydrogen-bond acceptors (Lipinski definition) is 2. The number of amides is 1. The van der Waals surface area contributed by atoms with E-state index in [0.29, 0.717) is 13.1 Å². The van der Waals surface area contributed by atoms with Crippen LogP contribution >= 0.6 is 0 Å². The van der Waals surface area contributed by atoms with E-state index in [1.54, 1.807) is 21.1 Å². The Bertz CT molecular complexity index is 968. The SMILES string of the molecule is CCn1c(=O)n(CC(=O)N(C)Cc2ccccc2C)c2ccccc21. The van der Waals surface area contributed by atoms with Gasteiger partial charge in [-0.15, -0.1) is 0 Å². The van der Waals surface area contributed by atoms with Crippen LogP contribution in [0.25, 0.3) is 11.0 Å². The van der Waals surface area contributed by atoms with Crippen LogP contribution in [-0.2, 0) is 24.4 Å². The van der Waals surface area contributed by atoms with Crippen molar-refractivity contribution in [2.24, 2.45) is 0 Å². The van der Waals surface area contributed by atoms with Crippen molar-refractivity contribution in [2.75, 3.05) is 7.05 Å². The summed E-state index contributed by atoms with van der Waals surface area (Å²) in [5, 5.41) is 0. The molecule has 5 nitrogen and oxygen atoms in total. The number of fused-ring (bicyclic) bond motifs is 1. The van der Waals surface area contributed by atoms with Gasteiger partial charge in [0.1, 0.15) is 6.54 Å². The molecule has 0 radical (unpaired) electrons. The van der Waals surface area contributed by atoms with Crippen LogP contribution in [-0.4, -0.2) is 27.0 Å². The van der Waals surface area contributed by atoms with Crippen molar-refractivity contribution in [2.45, 2.75) is 33.5 Å². The minimum absolute atomic E-state index is 0.0503. The number of likely N-dealkylation sites (N-methyl/N-ethyl adjacent to an activating group) is 1. The maximum Gasteiger partial charge on any atom is 0.329 e. The minimum atomic E-state index is -0.138. The van der Waals surface area contributed by atoms with Crippen molar-refractivity contribution in [1.29, 1.82) is 0 Å². The second-order valence-corrected chi connectivity index (χ2v) is 6.28. The molecule has 0 atom stereocenters. The van der Waals surface area contributed by atoms with Crippen LogP contribution < -0.4 is 5.69 Å². The number of para-hydroxylation sites is 2. The lowest BCUT2D eigenvalue weighted by Gasteiger charge is -2.18. The van der Waals surface area contributed by atoms with Crippen LogP contribution in [0.5, 0.6) is 0 Å². The van der Waals surface area contributed by atoms with Gasteiger partial charge in [0.05, 0.1) is 11.0 Å². The molecule has 0 saturated carbocycles. The van der Waals surface area contributed by atoms with Gasteiger partial charge in [-0.25, -0.2) is 4.79 Å². The van der Waals surface area contributed by atoms with E-state index in [4.69, 9.17) is 0 Å². The van der Waals surface area contributed by atoms with Crippen LogP contribution in [0.15, 0.2) is 53.3 Å². The van der Waals surface area contributed by atoms with Crippen molar-refractivity contribution in [1.82, 2.24) is 14.0 Å². The molecule has 0 bridgehead atoms. The first-order valence-corrected chi connectivity index (χ1v) is 8.49. The van der Waals surface area contributed by atoms with Crippen LogP contribution in [0.3, 0.4) is 0 Å². The van der Waals surface area contributed by atoms with E-state index in [1.807, 2.05) is 62.4 Å². The highest BCUT2D eigenvalue weighted by Crippen LogP contribution is 2.14. The summed E-state index contributed by atoms with van der Waals surface area (Å²) in [6, 6.07) is 15.6. The number of benzene rings is 2. The molecule has 0 N–H and O–H groups in total. The van der Waals surface area contributed by atoms with Crippen LogP contribution in [0.4, 0.5) is 0 Å². The Kier molecular flexibility index (Phi) is 4.74. The summed E-state index contributed by atoms with van der Waals surface area (Å²) in [5.74, 6) is -0.0793. The highest BCUT2D eigenvalue weighted by atomic mass is 16.2. The normalized spacial score (nSPS) is 11.0. The van der Waals surface area contributed by atoms with Gasteiger partial charge in [0.2, 0.25) is 5.91 Å². The number of carbonyl (C=O) groups excluding carboxylic acids is 1. The van der Waals surface area contributed by atoms with E-state index in [9.17, 15) is 9.59 Å². The molecular weight excluding hydrogens is 314 g/mol. The summed E-state index contributed by atoms with van der Waals surface area (Å²) in [5.41, 5.74) is 3.79. The van der Waals surface area contributed by atoms with E-state index in [2.05, 4.69) is 0 Å². The Labute approximate surface area is 147 Å². The Balaban J connectivity index is 1.86. The van der Waals surface area contributed by atoms with Gasteiger partial charge in [-0.05, 0) is 37.1 Å². The summed E-state index contributed by atoms with van der Waals surface area (Å²) >= 11 is 0. The maximum absolute atomic E-state index is 12.7. The van der Waals surface area contributed by atoms with E-state index < -0.39 is 0 Å². The van der Waals surface area contributed by atoms with Crippen molar-refractivity contribution < 1.29 is 4.79 Å². The summed E-state index contributed by atoms with van der Waals surface area (Å²) < 4.78 is 3.26. The van der Waals surface area contributed by atoms with Crippen LogP contribution in [0.1, 0.15) is 18.1 Å². The van der Waals surface area contributed by atoms with Gasteiger partial charge >= 0.3 is 5.69 Å². The molecule has 0 saturated heterocycles. The summed E-state index contributed by atoms with van der Waals surface area (Å²) in [6.45, 7) is 5.14. The second-order valence-electron chi connectivity index (χ2n) is 6.28. The molecule has 3 aromatic rings. The van der Waals surface area contributed by atoms with Crippen molar-refractivity contribution in [3.05, 3.63) is 70.1 Å². The fourth-order valence-corrected chi connectivity index (χ4v) is 3.12. The number of imidazole rings is 1. The number of carbonyl (C=O) groups is 1. The number of aromatic nitrogens is 2. The van der Waals surface area contributed by atoms with Gasteiger partial charge in [0.15, 0.2) is 0 Å². The fourth-order valence-electron chi connectivity index (χ4n) is 3.12. The Morgan fingerprint density at radius 3 is 2.24 bits per heavy atom. The number of rotatable bonds is 5. The van der Waals surface area contributed by atoms with Crippen molar-refractivity contribution >= 4 is 16.9 Å². The lowest BCUT2D eigenvalue weighted by atomic mass is 10.1. The number of hydrogen-bond donors (Lipinski definition) is 0.